The molecule has 1 saturated heterocycles. The summed E-state index contributed by atoms with van der Waals surface area (Å²) in [7, 11) is 0. The number of ether oxygens (including phenoxy) is 1. The molecule has 1 unspecified atom stereocenters. The first-order valence-electron chi connectivity index (χ1n) is 7.26. The monoisotopic (exact) mass is 269 g/mol. The summed E-state index contributed by atoms with van der Waals surface area (Å²) in [5.41, 5.74) is -0.378. The van der Waals surface area contributed by atoms with Crippen LogP contribution in [0.25, 0.3) is 0 Å². The van der Waals surface area contributed by atoms with E-state index >= 15 is 0 Å². The first kappa shape index (κ1) is 16.0. The molecule has 0 aliphatic carbocycles. The van der Waals surface area contributed by atoms with Gasteiger partial charge in [0, 0.05) is 18.5 Å². The van der Waals surface area contributed by atoms with Gasteiger partial charge in [0.15, 0.2) is 0 Å². The van der Waals surface area contributed by atoms with Crippen LogP contribution in [0.3, 0.4) is 0 Å². The molecule has 0 aromatic rings. The van der Waals surface area contributed by atoms with Crippen LogP contribution in [0.5, 0.6) is 0 Å². The average Bonchev–Trinajstić information content (AvgIpc) is 2.38. The van der Waals surface area contributed by atoms with Crippen molar-refractivity contribution in [3.63, 3.8) is 0 Å². The van der Waals surface area contributed by atoms with E-state index < -0.39 is 0 Å². The fraction of sp³-hybridized carbons (Fsp3) is 0.867. The van der Waals surface area contributed by atoms with Crippen LogP contribution < -0.4 is 0 Å². The SMILES string of the molecule is CCOC(=O)C1CCCN(C(=O)C(C)(C)C(C)C)C1. The van der Waals surface area contributed by atoms with E-state index in [-0.39, 0.29) is 29.1 Å². The molecule has 0 aromatic carbocycles. The minimum Gasteiger partial charge on any atom is -0.466 e. The number of nitrogens with zero attached hydrogens (tertiary/aromatic N) is 1. The molecule has 1 atom stereocenters. The van der Waals surface area contributed by atoms with Crippen LogP contribution in [-0.4, -0.2) is 36.5 Å². The number of hydrogen-bond donors (Lipinski definition) is 0. The van der Waals surface area contributed by atoms with Gasteiger partial charge in [-0.1, -0.05) is 27.7 Å². The largest absolute Gasteiger partial charge is 0.466 e. The molecule has 1 aliphatic rings. The van der Waals surface area contributed by atoms with Gasteiger partial charge in [0.25, 0.3) is 0 Å². The van der Waals surface area contributed by atoms with Gasteiger partial charge in [0.05, 0.1) is 12.5 Å². The van der Waals surface area contributed by atoms with E-state index in [1.807, 2.05) is 25.7 Å². The van der Waals surface area contributed by atoms with Gasteiger partial charge in [-0.3, -0.25) is 9.59 Å². The van der Waals surface area contributed by atoms with Crippen molar-refractivity contribution >= 4 is 11.9 Å². The highest BCUT2D eigenvalue weighted by Gasteiger charge is 2.38. The molecule has 0 saturated carbocycles. The molecule has 110 valence electrons. The summed E-state index contributed by atoms with van der Waals surface area (Å²) < 4.78 is 5.07. The second-order valence-electron chi connectivity index (χ2n) is 6.22. The Morgan fingerprint density at radius 3 is 2.53 bits per heavy atom. The van der Waals surface area contributed by atoms with Crippen molar-refractivity contribution in [1.29, 1.82) is 0 Å². The predicted molar refractivity (Wildman–Crippen MR) is 74.6 cm³/mol. The summed E-state index contributed by atoms with van der Waals surface area (Å²) in [6.07, 6.45) is 1.70. The number of esters is 1. The van der Waals surface area contributed by atoms with Gasteiger partial charge in [0.2, 0.25) is 5.91 Å². The van der Waals surface area contributed by atoms with Crippen molar-refractivity contribution in [3.8, 4) is 0 Å². The number of hydrogen-bond acceptors (Lipinski definition) is 3. The third-order valence-electron chi connectivity index (χ3n) is 4.32. The summed E-state index contributed by atoms with van der Waals surface area (Å²) in [6.45, 7) is 11.6. The van der Waals surface area contributed by atoms with Gasteiger partial charge in [-0.15, -0.1) is 0 Å². The smallest absolute Gasteiger partial charge is 0.310 e. The molecule has 4 heteroatoms. The lowest BCUT2D eigenvalue weighted by Gasteiger charge is -2.38. The van der Waals surface area contributed by atoms with Crippen molar-refractivity contribution in [1.82, 2.24) is 4.90 Å². The van der Waals surface area contributed by atoms with Gasteiger partial charge in [-0.25, -0.2) is 0 Å². The molecule has 0 N–H and O–H groups in total. The molecule has 19 heavy (non-hydrogen) atoms. The normalized spacial score (nSPS) is 20.5. The molecular weight excluding hydrogens is 242 g/mol. The van der Waals surface area contributed by atoms with Crippen molar-refractivity contribution in [2.24, 2.45) is 17.3 Å². The lowest BCUT2D eigenvalue weighted by molar-refractivity contribution is -0.153. The molecule has 1 aliphatic heterocycles. The standard InChI is InChI=1S/C15H27NO3/c1-6-19-13(17)12-8-7-9-16(10-12)14(18)15(4,5)11(2)3/h11-12H,6-10H2,1-5H3. The first-order valence-corrected chi connectivity index (χ1v) is 7.26. The Morgan fingerprint density at radius 1 is 1.37 bits per heavy atom. The highest BCUT2D eigenvalue weighted by atomic mass is 16.5. The Hall–Kier alpha value is -1.06. The number of amides is 1. The molecule has 0 spiro atoms. The molecule has 0 aromatic heterocycles. The van der Waals surface area contributed by atoms with E-state index in [1.165, 1.54) is 0 Å². The highest BCUT2D eigenvalue weighted by molar-refractivity contribution is 5.83. The lowest BCUT2D eigenvalue weighted by Crippen LogP contribution is -2.49. The number of piperidine rings is 1. The van der Waals surface area contributed by atoms with Crippen LogP contribution in [0.1, 0.15) is 47.5 Å². The minimum absolute atomic E-state index is 0.150. The zero-order chi connectivity index (χ0) is 14.6. The Morgan fingerprint density at radius 2 is 2.00 bits per heavy atom. The van der Waals surface area contributed by atoms with Crippen molar-refractivity contribution < 1.29 is 14.3 Å². The number of rotatable bonds is 4. The second-order valence-corrected chi connectivity index (χ2v) is 6.22. The fourth-order valence-electron chi connectivity index (χ4n) is 2.27. The lowest BCUT2D eigenvalue weighted by atomic mass is 9.79. The average molecular weight is 269 g/mol. The van der Waals surface area contributed by atoms with E-state index in [1.54, 1.807) is 0 Å². The maximum absolute atomic E-state index is 12.6. The molecule has 1 fully saturated rings. The Balaban J connectivity index is 2.69. The number of carbonyl (C=O) groups is 2. The van der Waals surface area contributed by atoms with Crippen LogP contribution in [0, 0.1) is 17.3 Å². The number of likely N-dealkylation sites (tertiary alicyclic amines) is 1. The maximum atomic E-state index is 12.6. The number of carbonyl (C=O) groups excluding carboxylic acids is 2. The summed E-state index contributed by atoms with van der Waals surface area (Å²) in [5.74, 6) is 0.113. The summed E-state index contributed by atoms with van der Waals surface area (Å²) >= 11 is 0. The first-order chi connectivity index (χ1) is 8.80. The van der Waals surface area contributed by atoms with Crippen molar-refractivity contribution in [3.05, 3.63) is 0 Å². The van der Waals surface area contributed by atoms with E-state index in [9.17, 15) is 9.59 Å². The molecular formula is C15H27NO3. The fourth-order valence-corrected chi connectivity index (χ4v) is 2.27. The third-order valence-corrected chi connectivity index (χ3v) is 4.32. The molecule has 0 radical (unpaired) electrons. The second kappa shape index (κ2) is 6.40. The van der Waals surface area contributed by atoms with E-state index in [2.05, 4.69) is 13.8 Å². The third kappa shape index (κ3) is 3.71. The van der Waals surface area contributed by atoms with Gasteiger partial charge in [-0.05, 0) is 25.7 Å². The van der Waals surface area contributed by atoms with Crippen molar-refractivity contribution in [2.75, 3.05) is 19.7 Å². The zero-order valence-electron chi connectivity index (χ0n) is 12.9. The molecule has 1 rings (SSSR count). The van der Waals surface area contributed by atoms with Crippen LogP contribution >= 0.6 is 0 Å². The van der Waals surface area contributed by atoms with Gasteiger partial charge >= 0.3 is 5.97 Å². The minimum atomic E-state index is -0.378. The molecule has 1 heterocycles. The van der Waals surface area contributed by atoms with Crippen LogP contribution in [-0.2, 0) is 14.3 Å². The van der Waals surface area contributed by atoms with Crippen LogP contribution in [0.4, 0.5) is 0 Å². The molecule has 0 bridgehead atoms. The summed E-state index contributed by atoms with van der Waals surface area (Å²) in [5, 5.41) is 0. The van der Waals surface area contributed by atoms with Crippen molar-refractivity contribution in [2.45, 2.75) is 47.5 Å². The maximum Gasteiger partial charge on any atom is 0.310 e. The molecule has 4 nitrogen and oxygen atoms in total. The quantitative estimate of drug-likeness (QED) is 0.737. The highest BCUT2D eigenvalue weighted by Crippen LogP contribution is 2.30. The van der Waals surface area contributed by atoms with Crippen LogP contribution in [0.15, 0.2) is 0 Å². The van der Waals surface area contributed by atoms with Crippen LogP contribution in [0.2, 0.25) is 0 Å². The van der Waals surface area contributed by atoms with Gasteiger partial charge < -0.3 is 9.64 Å². The molecule has 1 amide bonds. The van der Waals surface area contributed by atoms with Gasteiger partial charge in [-0.2, -0.15) is 0 Å². The Kier molecular flexibility index (Phi) is 5.39. The van der Waals surface area contributed by atoms with E-state index in [0.717, 1.165) is 19.4 Å². The summed E-state index contributed by atoms with van der Waals surface area (Å²) in [4.78, 5) is 26.2. The predicted octanol–water partition coefficient (Wildman–Crippen LogP) is 2.47. The van der Waals surface area contributed by atoms with Gasteiger partial charge in [0.1, 0.15) is 0 Å². The Bertz CT molecular complexity index is 336. The van der Waals surface area contributed by atoms with E-state index in [4.69, 9.17) is 4.74 Å². The van der Waals surface area contributed by atoms with E-state index in [0.29, 0.717) is 13.2 Å². The topological polar surface area (TPSA) is 46.6 Å². The summed E-state index contributed by atoms with van der Waals surface area (Å²) in [6, 6.07) is 0. The zero-order valence-corrected chi connectivity index (χ0v) is 12.9. The Labute approximate surface area is 116 Å².